The van der Waals surface area contributed by atoms with Gasteiger partial charge in [-0.2, -0.15) is 0 Å². The molecule has 1 N–H and O–H groups in total. The molecule has 0 radical (unpaired) electrons. The summed E-state index contributed by atoms with van der Waals surface area (Å²) in [6.07, 6.45) is 0. The van der Waals surface area contributed by atoms with Crippen molar-refractivity contribution in [2.45, 2.75) is 24.4 Å². The lowest BCUT2D eigenvalue weighted by Gasteiger charge is -2.31. The van der Waals surface area contributed by atoms with E-state index in [0.717, 1.165) is 9.87 Å². The lowest BCUT2D eigenvalue weighted by Crippen LogP contribution is -2.50. The minimum Gasteiger partial charge on any atom is -0.357 e. The van der Waals surface area contributed by atoms with Crippen molar-refractivity contribution in [1.29, 1.82) is 0 Å². The van der Waals surface area contributed by atoms with Gasteiger partial charge in [0, 0.05) is 23.6 Å². The first-order chi connectivity index (χ1) is 16.6. The Morgan fingerprint density at radius 3 is 2.17 bits per heavy atom. The minimum atomic E-state index is -4.17. The second-order valence-electron chi connectivity index (χ2n) is 7.74. The third kappa shape index (κ3) is 6.54. The predicted octanol–water partition coefficient (Wildman–Crippen LogP) is 4.35. The lowest BCUT2D eigenvalue weighted by molar-refractivity contribution is -0.139. The number of anilines is 1. The van der Waals surface area contributed by atoms with Gasteiger partial charge in [-0.05, 0) is 55.0 Å². The van der Waals surface area contributed by atoms with Gasteiger partial charge in [0.2, 0.25) is 11.8 Å². The maximum Gasteiger partial charge on any atom is 0.264 e. The number of amides is 2. The molecule has 0 aromatic heterocycles. The summed E-state index contributed by atoms with van der Waals surface area (Å²) in [5.41, 5.74) is 1.01. The molecule has 0 aliphatic rings. The van der Waals surface area contributed by atoms with Crippen molar-refractivity contribution in [3.63, 3.8) is 0 Å². The van der Waals surface area contributed by atoms with Gasteiger partial charge >= 0.3 is 0 Å². The molecule has 0 saturated carbocycles. The zero-order chi connectivity index (χ0) is 25.6. The van der Waals surface area contributed by atoms with Crippen LogP contribution in [0.3, 0.4) is 0 Å². The van der Waals surface area contributed by atoms with Crippen LogP contribution in [0.2, 0.25) is 10.0 Å². The molecule has 3 aromatic carbocycles. The molecule has 35 heavy (non-hydrogen) atoms. The van der Waals surface area contributed by atoms with Crippen molar-refractivity contribution in [2.24, 2.45) is 0 Å². The van der Waals surface area contributed by atoms with Gasteiger partial charge in [-0.25, -0.2) is 8.42 Å². The van der Waals surface area contributed by atoms with E-state index < -0.39 is 28.5 Å². The summed E-state index contributed by atoms with van der Waals surface area (Å²) in [6, 6.07) is 20.2. The molecule has 0 bridgehead atoms. The molecule has 0 fully saturated rings. The Balaban J connectivity index is 2.02. The third-order valence-corrected chi connectivity index (χ3v) is 7.66. The van der Waals surface area contributed by atoms with Gasteiger partial charge in [-0.3, -0.25) is 13.9 Å². The highest BCUT2D eigenvalue weighted by Gasteiger charge is 2.32. The number of nitrogens with one attached hydrogen (secondary N) is 1. The summed E-state index contributed by atoms with van der Waals surface area (Å²) in [6.45, 7) is 1.18. The molecule has 0 spiro atoms. The standard InChI is InChI=1S/C25H25Cl2N3O4S/c1-18(25(32)28-2)29(16-19-7-4-3-5-8-19)24(31)17-30(22-10-6-9-21(27)15-22)35(33,34)23-13-11-20(26)12-14-23/h3-15,18H,16-17H2,1-2H3,(H,28,32). The number of halogens is 2. The second-order valence-corrected chi connectivity index (χ2v) is 10.5. The summed E-state index contributed by atoms with van der Waals surface area (Å²) >= 11 is 12.1. The van der Waals surface area contributed by atoms with E-state index in [0.29, 0.717) is 10.0 Å². The molecule has 0 aliphatic carbocycles. The fourth-order valence-electron chi connectivity index (χ4n) is 3.47. The largest absolute Gasteiger partial charge is 0.357 e. The second kappa shape index (κ2) is 11.6. The van der Waals surface area contributed by atoms with Crippen molar-refractivity contribution in [3.05, 3.63) is 94.5 Å². The fourth-order valence-corrected chi connectivity index (χ4v) is 5.18. The summed E-state index contributed by atoms with van der Waals surface area (Å²) < 4.78 is 28.2. The maximum absolute atomic E-state index is 13.6. The molecule has 1 unspecified atom stereocenters. The van der Waals surface area contributed by atoms with Gasteiger partial charge in [0.05, 0.1) is 10.6 Å². The van der Waals surface area contributed by atoms with Crippen molar-refractivity contribution in [1.82, 2.24) is 10.2 Å². The van der Waals surface area contributed by atoms with Gasteiger partial charge in [-0.1, -0.05) is 59.6 Å². The van der Waals surface area contributed by atoms with Gasteiger partial charge < -0.3 is 10.2 Å². The van der Waals surface area contributed by atoms with Crippen LogP contribution in [-0.2, 0) is 26.2 Å². The lowest BCUT2D eigenvalue weighted by atomic mass is 10.1. The predicted molar refractivity (Wildman–Crippen MR) is 138 cm³/mol. The first-order valence-corrected chi connectivity index (χ1v) is 12.9. The Labute approximate surface area is 215 Å². The zero-order valence-electron chi connectivity index (χ0n) is 19.2. The average molecular weight is 534 g/mol. The smallest absolute Gasteiger partial charge is 0.264 e. The van der Waals surface area contributed by atoms with Gasteiger partial charge in [0.1, 0.15) is 12.6 Å². The number of hydrogen-bond acceptors (Lipinski definition) is 4. The highest BCUT2D eigenvalue weighted by Crippen LogP contribution is 2.27. The fraction of sp³-hybridized carbons (Fsp3) is 0.200. The first kappa shape index (κ1) is 26.5. The molecular weight excluding hydrogens is 509 g/mol. The number of hydrogen-bond donors (Lipinski definition) is 1. The molecule has 10 heteroatoms. The Hall–Kier alpha value is -3.07. The molecule has 184 valence electrons. The molecule has 3 aromatic rings. The molecular formula is C25H25Cl2N3O4S. The Bertz CT molecular complexity index is 1290. The van der Waals surface area contributed by atoms with Crippen LogP contribution in [0.1, 0.15) is 12.5 Å². The van der Waals surface area contributed by atoms with Crippen molar-refractivity contribution in [3.8, 4) is 0 Å². The number of carbonyl (C=O) groups is 2. The number of benzene rings is 3. The monoisotopic (exact) mass is 533 g/mol. The van der Waals surface area contributed by atoms with E-state index in [1.807, 2.05) is 30.3 Å². The number of sulfonamides is 1. The van der Waals surface area contributed by atoms with E-state index in [4.69, 9.17) is 23.2 Å². The number of nitrogens with zero attached hydrogens (tertiary/aromatic N) is 2. The SMILES string of the molecule is CNC(=O)C(C)N(Cc1ccccc1)C(=O)CN(c1cccc(Cl)c1)S(=O)(=O)c1ccc(Cl)cc1. The van der Waals surface area contributed by atoms with Crippen LogP contribution in [0.25, 0.3) is 0 Å². The summed E-state index contributed by atoms with van der Waals surface area (Å²) in [4.78, 5) is 27.3. The molecule has 1 atom stereocenters. The van der Waals surface area contributed by atoms with Crippen LogP contribution in [-0.4, -0.2) is 44.8 Å². The van der Waals surface area contributed by atoms with E-state index in [1.54, 1.807) is 25.1 Å². The molecule has 3 rings (SSSR count). The Morgan fingerprint density at radius 2 is 1.57 bits per heavy atom. The zero-order valence-corrected chi connectivity index (χ0v) is 21.5. The minimum absolute atomic E-state index is 0.0383. The van der Waals surface area contributed by atoms with Crippen LogP contribution in [0.4, 0.5) is 5.69 Å². The van der Waals surface area contributed by atoms with E-state index in [1.165, 1.54) is 42.3 Å². The van der Waals surface area contributed by atoms with Crippen LogP contribution < -0.4 is 9.62 Å². The highest BCUT2D eigenvalue weighted by atomic mass is 35.5. The Kier molecular flexibility index (Phi) is 8.77. The highest BCUT2D eigenvalue weighted by molar-refractivity contribution is 7.92. The van der Waals surface area contributed by atoms with Gasteiger partial charge in [-0.15, -0.1) is 0 Å². The van der Waals surface area contributed by atoms with Gasteiger partial charge in [0.15, 0.2) is 0 Å². The number of carbonyl (C=O) groups excluding carboxylic acids is 2. The van der Waals surface area contributed by atoms with Crippen LogP contribution in [0, 0.1) is 0 Å². The third-order valence-electron chi connectivity index (χ3n) is 5.39. The van der Waals surface area contributed by atoms with Crippen LogP contribution >= 0.6 is 23.2 Å². The van der Waals surface area contributed by atoms with E-state index in [2.05, 4.69) is 5.32 Å². The molecule has 7 nitrogen and oxygen atoms in total. The molecule has 0 saturated heterocycles. The number of rotatable bonds is 9. The van der Waals surface area contributed by atoms with Gasteiger partial charge in [0.25, 0.3) is 10.0 Å². The van der Waals surface area contributed by atoms with Crippen LogP contribution in [0.15, 0.2) is 83.8 Å². The summed E-state index contributed by atoms with van der Waals surface area (Å²) in [5, 5.41) is 3.23. The topological polar surface area (TPSA) is 86.8 Å². The molecule has 2 amide bonds. The molecule has 0 aliphatic heterocycles. The van der Waals surface area contributed by atoms with E-state index in [9.17, 15) is 18.0 Å². The first-order valence-electron chi connectivity index (χ1n) is 10.7. The summed E-state index contributed by atoms with van der Waals surface area (Å²) in [5.74, 6) is -0.924. The molecule has 0 heterocycles. The van der Waals surface area contributed by atoms with Crippen LogP contribution in [0.5, 0.6) is 0 Å². The van der Waals surface area contributed by atoms with Crippen molar-refractivity contribution >= 4 is 50.7 Å². The summed E-state index contributed by atoms with van der Waals surface area (Å²) in [7, 11) is -2.69. The average Bonchev–Trinajstić information content (AvgIpc) is 2.85. The van der Waals surface area contributed by atoms with Crippen molar-refractivity contribution < 1.29 is 18.0 Å². The van der Waals surface area contributed by atoms with E-state index >= 15 is 0 Å². The van der Waals surface area contributed by atoms with Crippen molar-refractivity contribution in [2.75, 3.05) is 17.9 Å². The number of likely N-dealkylation sites (N-methyl/N-ethyl adjacent to an activating group) is 1. The normalized spacial score (nSPS) is 12.0. The quantitative estimate of drug-likeness (QED) is 0.442. The van der Waals surface area contributed by atoms with E-state index in [-0.39, 0.29) is 23.0 Å². The Morgan fingerprint density at radius 1 is 0.914 bits per heavy atom. The maximum atomic E-state index is 13.6.